The summed E-state index contributed by atoms with van der Waals surface area (Å²) in [6.45, 7) is 6.15. The van der Waals surface area contributed by atoms with E-state index in [9.17, 15) is 4.79 Å². The number of anilines is 2. The van der Waals surface area contributed by atoms with Crippen LogP contribution in [0.5, 0.6) is 0 Å². The van der Waals surface area contributed by atoms with Crippen LogP contribution in [0.3, 0.4) is 0 Å². The van der Waals surface area contributed by atoms with Crippen molar-refractivity contribution in [2.24, 2.45) is 0 Å². The second kappa shape index (κ2) is 9.14. The standard InChI is InChI=1S/C23H24N6OS/c1-16-3-5-18(6-4-16)13-21-26-23(31-27-21)28-11-12-29(17(2)15-28)22(30)25-20-9-7-19(14-24)8-10-20/h3-10,17H,11-13,15H2,1-2H3,(H,25,30). The van der Waals surface area contributed by atoms with Gasteiger partial charge in [0.05, 0.1) is 11.6 Å². The van der Waals surface area contributed by atoms with Gasteiger partial charge in [-0.15, -0.1) is 0 Å². The lowest BCUT2D eigenvalue weighted by atomic mass is 10.1. The van der Waals surface area contributed by atoms with Crippen molar-refractivity contribution in [3.8, 4) is 6.07 Å². The molecule has 1 aliphatic heterocycles. The van der Waals surface area contributed by atoms with Crippen molar-refractivity contribution < 1.29 is 4.79 Å². The van der Waals surface area contributed by atoms with Crippen molar-refractivity contribution in [3.63, 3.8) is 0 Å². The van der Waals surface area contributed by atoms with Gasteiger partial charge in [0.1, 0.15) is 5.82 Å². The molecule has 8 heteroatoms. The van der Waals surface area contributed by atoms with Crippen molar-refractivity contribution in [3.05, 3.63) is 71.0 Å². The number of aryl methyl sites for hydroxylation is 1. The number of carbonyl (C=O) groups is 1. The third-order valence-electron chi connectivity index (χ3n) is 5.36. The van der Waals surface area contributed by atoms with E-state index in [-0.39, 0.29) is 12.1 Å². The van der Waals surface area contributed by atoms with E-state index in [4.69, 9.17) is 10.2 Å². The number of hydrogen-bond donors (Lipinski definition) is 1. The van der Waals surface area contributed by atoms with Crippen LogP contribution in [0.25, 0.3) is 0 Å². The van der Waals surface area contributed by atoms with Crippen LogP contribution in [0.15, 0.2) is 48.5 Å². The van der Waals surface area contributed by atoms with E-state index >= 15 is 0 Å². The van der Waals surface area contributed by atoms with Gasteiger partial charge in [0.15, 0.2) is 0 Å². The molecule has 1 aromatic heterocycles. The highest BCUT2D eigenvalue weighted by Gasteiger charge is 2.29. The van der Waals surface area contributed by atoms with E-state index < -0.39 is 0 Å². The number of nitrogens with zero attached hydrogens (tertiary/aromatic N) is 5. The Morgan fingerprint density at radius 2 is 1.94 bits per heavy atom. The lowest BCUT2D eigenvalue weighted by Gasteiger charge is -2.39. The van der Waals surface area contributed by atoms with Crippen LogP contribution in [-0.2, 0) is 6.42 Å². The van der Waals surface area contributed by atoms with Crippen molar-refractivity contribution in [1.29, 1.82) is 5.26 Å². The van der Waals surface area contributed by atoms with Crippen molar-refractivity contribution >= 4 is 28.4 Å². The van der Waals surface area contributed by atoms with E-state index in [1.807, 2.05) is 11.8 Å². The van der Waals surface area contributed by atoms with Gasteiger partial charge in [-0.1, -0.05) is 29.8 Å². The first-order chi connectivity index (χ1) is 15.0. The molecular formula is C23H24N6OS. The third kappa shape index (κ3) is 5.01. The van der Waals surface area contributed by atoms with Crippen LogP contribution in [0.1, 0.15) is 29.4 Å². The Balaban J connectivity index is 1.34. The normalized spacial score (nSPS) is 16.1. The second-order valence-corrected chi connectivity index (χ2v) is 8.49. The van der Waals surface area contributed by atoms with Gasteiger partial charge in [0.25, 0.3) is 0 Å². The Bertz CT molecular complexity index is 1090. The van der Waals surface area contributed by atoms with Crippen LogP contribution in [0, 0.1) is 18.3 Å². The SMILES string of the molecule is Cc1ccc(Cc2nsc(N3CCN(C(=O)Nc4ccc(C#N)cc4)C(C)C3)n2)cc1. The van der Waals surface area contributed by atoms with Crippen molar-refractivity contribution in [2.45, 2.75) is 26.3 Å². The van der Waals surface area contributed by atoms with Crippen molar-refractivity contribution in [1.82, 2.24) is 14.3 Å². The van der Waals surface area contributed by atoms with Crippen LogP contribution in [0.2, 0.25) is 0 Å². The number of amides is 2. The summed E-state index contributed by atoms with van der Waals surface area (Å²) in [6, 6.07) is 17.3. The molecule has 0 bridgehead atoms. The summed E-state index contributed by atoms with van der Waals surface area (Å²) >= 11 is 1.42. The second-order valence-electron chi connectivity index (χ2n) is 7.76. The highest BCUT2D eigenvalue weighted by atomic mass is 32.1. The number of aromatic nitrogens is 2. The van der Waals surface area contributed by atoms with Gasteiger partial charge in [-0.3, -0.25) is 0 Å². The Hall–Kier alpha value is -3.44. The maximum Gasteiger partial charge on any atom is 0.322 e. The van der Waals surface area contributed by atoms with Crippen molar-refractivity contribution in [2.75, 3.05) is 29.9 Å². The molecule has 4 rings (SSSR count). The lowest BCUT2D eigenvalue weighted by molar-refractivity contribution is 0.185. The zero-order chi connectivity index (χ0) is 21.8. The Morgan fingerprint density at radius 3 is 2.61 bits per heavy atom. The topological polar surface area (TPSA) is 85.2 Å². The predicted octanol–water partition coefficient (Wildman–Crippen LogP) is 4.05. The van der Waals surface area contributed by atoms with Gasteiger partial charge >= 0.3 is 6.03 Å². The fourth-order valence-electron chi connectivity index (χ4n) is 3.59. The average molecular weight is 433 g/mol. The number of rotatable bonds is 4. The van der Waals surface area contributed by atoms with E-state index in [0.29, 0.717) is 30.9 Å². The summed E-state index contributed by atoms with van der Waals surface area (Å²) in [7, 11) is 0. The molecule has 1 saturated heterocycles. The zero-order valence-corrected chi connectivity index (χ0v) is 18.4. The third-order valence-corrected chi connectivity index (χ3v) is 6.18. The molecule has 2 aromatic carbocycles. The highest BCUT2D eigenvalue weighted by Crippen LogP contribution is 2.23. The molecule has 1 unspecified atom stereocenters. The Kier molecular flexibility index (Phi) is 6.14. The van der Waals surface area contributed by atoms with E-state index in [2.05, 4.69) is 51.8 Å². The molecule has 158 valence electrons. The molecule has 0 spiro atoms. The van der Waals surface area contributed by atoms with Crippen LogP contribution < -0.4 is 10.2 Å². The molecule has 1 aliphatic rings. The molecule has 1 atom stereocenters. The average Bonchev–Trinajstić information content (AvgIpc) is 3.24. The quantitative estimate of drug-likeness (QED) is 0.672. The van der Waals surface area contributed by atoms with Gasteiger partial charge in [-0.05, 0) is 43.7 Å². The summed E-state index contributed by atoms with van der Waals surface area (Å²) in [5.41, 5.74) is 3.70. The predicted molar refractivity (Wildman–Crippen MR) is 122 cm³/mol. The number of nitrogens with one attached hydrogen (secondary N) is 1. The summed E-state index contributed by atoms with van der Waals surface area (Å²) < 4.78 is 4.53. The fraction of sp³-hybridized carbons (Fsp3) is 0.304. The minimum absolute atomic E-state index is 0.0385. The van der Waals surface area contributed by atoms with Crippen LogP contribution in [-0.4, -0.2) is 46.0 Å². The molecule has 1 fully saturated rings. The molecule has 1 N–H and O–H groups in total. The first-order valence-corrected chi connectivity index (χ1v) is 11.0. The number of urea groups is 1. The minimum Gasteiger partial charge on any atom is -0.343 e. The number of benzene rings is 2. The maximum absolute atomic E-state index is 12.7. The first-order valence-electron chi connectivity index (χ1n) is 10.2. The summed E-state index contributed by atoms with van der Waals surface area (Å²) in [6.07, 6.45) is 0.722. The highest BCUT2D eigenvalue weighted by molar-refractivity contribution is 7.09. The molecule has 0 aliphatic carbocycles. The maximum atomic E-state index is 12.7. The van der Waals surface area contributed by atoms with Crippen LogP contribution in [0.4, 0.5) is 15.6 Å². The smallest absolute Gasteiger partial charge is 0.322 e. The number of piperazine rings is 1. The lowest BCUT2D eigenvalue weighted by Crippen LogP contribution is -2.55. The summed E-state index contributed by atoms with van der Waals surface area (Å²) in [4.78, 5) is 21.5. The molecule has 7 nitrogen and oxygen atoms in total. The molecule has 0 radical (unpaired) electrons. The van der Waals surface area contributed by atoms with Gasteiger partial charge < -0.3 is 15.1 Å². The monoisotopic (exact) mass is 432 g/mol. The molecule has 3 aromatic rings. The van der Waals surface area contributed by atoms with E-state index in [1.54, 1.807) is 24.3 Å². The van der Waals surface area contributed by atoms with Gasteiger partial charge in [-0.25, -0.2) is 9.78 Å². The Morgan fingerprint density at radius 1 is 1.19 bits per heavy atom. The molecule has 31 heavy (non-hydrogen) atoms. The molecule has 0 saturated carbocycles. The molecule has 2 amide bonds. The molecular weight excluding hydrogens is 408 g/mol. The number of nitriles is 1. The summed E-state index contributed by atoms with van der Waals surface area (Å²) in [5, 5.41) is 12.7. The van der Waals surface area contributed by atoms with Crippen LogP contribution >= 0.6 is 11.5 Å². The zero-order valence-electron chi connectivity index (χ0n) is 17.6. The van der Waals surface area contributed by atoms with Gasteiger partial charge in [-0.2, -0.15) is 9.64 Å². The van der Waals surface area contributed by atoms with E-state index in [1.165, 1.54) is 22.7 Å². The Labute approximate surface area is 186 Å². The number of carbonyl (C=O) groups excluding carboxylic acids is 1. The van der Waals surface area contributed by atoms with Gasteiger partial charge in [0.2, 0.25) is 5.13 Å². The number of hydrogen-bond acceptors (Lipinski definition) is 6. The minimum atomic E-state index is -0.130. The van der Waals surface area contributed by atoms with Gasteiger partial charge in [0, 0.05) is 49.3 Å². The largest absolute Gasteiger partial charge is 0.343 e. The fourth-order valence-corrected chi connectivity index (χ4v) is 4.31. The first kappa shape index (κ1) is 20.8. The molecule has 2 heterocycles. The van der Waals surface area contributed by atoms with E-state index in [0.717, 1.165) is 17.4 Å². The summed E-state index contributed by atoms with van der Waals surface area (Å²) in [5.74, 6) is 0.831.